The Morgan fingerprint density at radius 2 is 2.29 bits per heavy atom. The van der Waals surface area contributed by atoms with E-state index in [-0.39, 0.29) is 6.10 Å². The van der Waals surface area contributed by atoms with Gasteiger partial charge in [0, 0.05) is 12.0 Å². The van der Waals surface area contributed by atoms with Gasteiger partial charge in [0.25, 0.3) is 0 Å². The number of rotatable bonds is 1. The molecule has 1 aliphatic rings. The van der Waals surface area contributed by atoms with Gasteiger partial charge in [-0.05, 0) is 25.5 Å². The number of ether oxygens (including phenoxy) is 2. The fourth-order valence-electron chi connectivity index (χ4n) is 1.84. The van der Waals surface area contributed by atoms with E-state index in [9.17, 15) is 4.79 Å². The number of amides is 1. The Morgan fingerprint density at radius 1 is 1.53 bits per heavy atom. The van der Waals surface area contributed by atoms with Crippen LogP contribution in [0.5, 0.6) is 5.75 Å². The molecule has 5 heteroatoms. The third-order valence-corrected chi connectivity index (χ3v) is 2.70. The minimum atomic E-state index is -0.717. The summed E-state index contributed by atoms with van der Waals surface area (Å²) in [6.07, 6.45) is 0.284. The second kappa shape index (κ2) is 4.53. The molecular weight excluding hydrogens is 220 g/mol. The van der Waals surface area contributed by atoms with Crippen molar-refractivity contribution >= 4 is 11.8 Å². The number of hydrogen-bond acceptors (Lipinski definition) is 4. The Bertz CT molecular complexity index is 483. The van der Waals surface area contributed by atoms with Gasteiger partial charge < -0.3 is 9.47 Å². The van der Waals surface area contributed by atoms with Crippen LogP contribution in [0, 0.1) is 6.92 Å². The first-order valence-electron chi connectivity index (χ1n) is 5.40. The molecule has 1 atom stereocenters. The number of aryl methyl sites for hydroxylation is 1. The van der Waals surface area contributed by atoms with E-state index < -0.39 is 6.09 Å². The highest BCUT2D eigenvalue weighted by atomic mass is 16.5. The normalized spacial score (nSPS) is 17.9. The average molecular weight is 234 g/mol. The number of carbonyl (C=O) groups is 1. The molecule has 1 aromatic carbocycles. The minimum Gasteiger partial charge on any atom is -0.488 e. The number of fused-ring (bicyclic) bond motifs is 1. The summed E-state index contributed by atoms with van der Waals surface area (Å²) in [5, 5.41) is 7.28. The van der Waals surface area contributed by atoms with E-state index >= 15 is 0 Å². The second-order valence-electron chi connectivity index (χ2n) is 4.01. The first-order valence-corrected chi connectivity index (χ1v) is 5.40. The maximum atomic E-state index is 10.9. The van der Waals surface area contributed by atoms with Gasteiger partial charge in [-0.3, -0.25) is 0 Å². The van der Waals surface area contributed by atoms with Crippen LogP contribution in [0.4, 0.5) is 10.5 Å². The molecule has 0 aliphatic carbocycles. The molecule has 1 aromatic rings. The lowest BCUT2D eigenvalue weighted by Crippen LogP contribution is -2.05. The van der Waals surface area contributed by atoms with E-state index in [2.05, 4.69) is 15.0 Å². The van der Waals surface area contributed by atoms with Crippen molar-refractivity contribution in [2.24, 2.45) is 10.2 Å². The van der Waals surface area contributed by atoms with Gasteiger partial charge in [0.2, 0.25) is 0 Å². The van der Waals surface area contributed by atoms with Crippen LogP contribution in [0.1, 0.15) is 18.1 Å². The lowest BCUT2D eigenvalue weighted by Gasteiger charge is -2.05. The van der Waals surface area contributed by atoms with E-state index in [1.54, 1.807) is 6.07 Å². The molecule has 90 valence electrons. The van der Waals surface area contributed by atoms with Gasteiger partial charge in [-0.2, -0.15) is 0 Å². The largest absolute Gasteiger partial charge is 0.488 e. The maximum Gasteiger partial charge on any atom is 0.452 e. The van der Waals surface area contributed by atoms with Crippen LogP contribution in [0.3, 0.4) is 0 Å². The van der Waals surface area contributed by atoms with Crippen molar-refractivity contribution in [1.29, 1.82) is 0 Å². The van der Waals surface area contributed by atoms with Crippen LogP contribution in [0.25, 0.3) is 0 Å². The Balaban J connectivity index is 2.35. The van der Waals surface area contributed by atoms with E-state index in [1.807, 2.05) is 19.9 Å². The average Bonchev–Trinajstić information content (AvgIpc) is 2.70. The lowest BCUT2D eigenvalue weighted by molar-refractivity contribution is 0.181. The van der Waals surface area contributed by atoms with Gasteiger partial charge in [0.1, 0.15) is 11.8 Å². The smallest absolute Gasteiger partial charge is 0.452 e. The van der Waals surface area contributed by atoms with Crippen LogP contribution < -0.4 is 4.74 Å². The standard InChI is InChI=1S/C12H14N2O3/c1-7-4-5-10(13-14-12(15)16-3)11-9(7)6-8(2)17-11/h4-5,8H,6H2,1-3H3/b14-13+. The van der Waals surface area contributed by atoms with Crippen LogP contribution >= 0.6 is 0 Å². The maximum absolute atomic E-state index is 10.9. The van der Waals surface area contributed by atoms with Crippen molar-refractivity contribution in [1.82, 2.24) is 0 Å². The summed E-state index contributed by atoms with van der Waals surface area (Å²) in [6.45, 7) is 4.03. The van der Waals surface area contributed by atoms with E-state index in [1.165, 1.54) is 12.7 Å². The summed E-state index contributed by atoms with van der Waals surface area (Å²) in [7, 11) is 1.26. The van der Waals surface area contributed by atoms with Crippen LogP contribution in [-0.4, -0.2) is 19.3 Å². The highest BCUT2D eigenvalue weighted by Gasteiger charge is 2.24. The third kappa shape index (κ3) is 2.27. The predicted molar refractivity (Wildman–Crippen MR) is 61.9 cm³/mol. The van der Waals surface area contributed by atoms with Crippen molar-refractivity contribution < 1.29 is 14.3 Å². The Hall–Kier alpha value is -1.91. The number of nitrogens with zero attached hydrogens (tertiary/aromatic N) is 2. The molecule has 1 aliphatic heterocycles. The molecule has 5 nitrogen and oxygen atoms in total. The van der Waals surface area contributed by atoms with Gasteiger partial charge in [-0.1, -0.05) is 11.2 Å². The summed E-state index contributed by atoms with van der Waals surface area (Å²) in [5.74, 6) is 0.727. The molecule has 0 saturated heterocycles. The summed E-state index contributed by atoms with van der Waals surface area (Å²) in [6, 6.07) is 3.74. The molecule has 0 aromatic heterocycles. The molecule has 0 N–H and O–H groups in total. The second-order valence-corrected chi connectivity index (χ2v) is 4.01. The Morgan fingerprint density at radius 3 is 3.00 bits per heavy atom. The highest BCUT2D eigenvalue weighted by Crippen LogP contribution is 2.40. The van der Waals surface area contributed by atoms with Crippen molar-refractivity contribution in [3.63, 3.8) is 0 Å². The van der Waals surface area contributed by atoms with Gasteiger partial charge in [-0.25, -0.2) is 4.79 Å². The fraction of sp³-hybridized carbons (Fsp3) is 0.417. The van der Waals surface area contributed by atoms with Crippen LogP contribution in [0.15, 0.2) is 22.4 Å². The van der Waals surface area contributed by atoms with Gasteiger partial charge in [-0.15, -0.1) is 5.11 Å². The summed E-state index contributed by atoms with van der Waals surface area (Å²) in [4.78, 5) is 10.9. The van der Waals surface area contributed by atoms with Crippen molar-refractivity contribution in [3.05, 3.63) is 23.3 Å². The molecule has 0 spiro atoms. The third-order valence-electron chi connectivity index (χ3n) is 2.70. The summed E-state index contributed by atoms with van der Waals surface area (Å²) in [5.41, 5.74) is 2.88. The van der Waals surface area contributed by atoms with Gasteiger partial charge in [0.05, 0.1) is 7.11 Å². The molecule has 1 heterocycles. The highest BCUT2D eigenvalue weighted by molar-refractivity contribution is 5.68. The van der Waals surface area contributed by atoms with Crippen molar-refractivity contribution in [3.8, 4) is 5.75 Å². The number of hydrogen-bond donors (Lipinski definition) is 0. The zero-order chi connectivity index (χ0) is 12.4. The van der Waals surface area contributed by atoms with Crippen LogP contribution in [0.2, 0.25) is 0 Å². The van der Waals surface area contributed by atoms with Crippen molar-refractivity contribution in [2.75, 3.05) is 7.11 Å². The molecule has 0 saturated carbocycles. The quantitative estimate of drug-likeness (QED) is 0.701. The predicted octanol–water partition coefficient (Wildman–Crippen LogP) is 3.17. The topological polar surface area (TPSA) is 60.2 Å². The van der Waals surface area contributed by atoms with E-state index in [0.29, 0.717) is 5.69 Å². The molecule has 0 radical (unpaired) electrons. The van der Waals surface area contributed by atoms with Crippen molar-refractivity contribution in [2.45, 2.75) is 26.4 Å². The number of benzene rings is 1. The molecule has 1 amide bonds. The van der Waals surface area contributed by atoms with Gasteiger partial charge >= 0.3 is 6.09 Å². The molecule has 17 heavy (non-hydrogen) atoms. The Labute approximate surface area is 99.5 Å². The van der Waals surface area contributed by atoms with E-state index in [4.69, 9.17) is 4.74 Å². The molecular formula is C12H14N2O3. The first-order chi connectivity index (χ1) is 8.11. The summed E-state index contributed by atoms with van der Waals surface area (Å²) < 4.78 is 10.1. The SMILES string of the molecule is COC(=O)/N=N/c1ccc(C)c2c1OC(C)C2. The van der Waals surface area contributed by atoms with Crippen LogP contribution in [-0.2, 0) is 11.2 Å². The molecule has 0 bridgehead atoms. The lowest BCUT2D eigenvalue weighted by atomic mass is 10.0. The minimum absolute atomic E-state index is 0.137. The zero-order valence-corrected chi connectivity index (χ0v) is 10.1. The Kier molecular flexibility index (Phi) is 3.08. The number of azo groups is 1. The summed E-state index contributed by atoms with van der Waals surface area (Å²) >= 11 is 0. The number of methoxy groups -OCH3 is 1. The molecule has 2 rings (SSSR count). The first kappa shape index (κ1) is 11.6. The zero-order valence-electron chi connectivity index (χ0n) is 10.1. The van der Waals surface area contributed by atoms with E-state index in [0.717, 1.165) is 17.7 Å². The van der Waals surface area contributed by atoms with Gasteiger partial charge in [0.15, 0.2) is 5.75 Å². The molecule has 1 unspecified atom stereocenters. The number of carbonyl (C=O) groups excluding carboxylic acids is 1. The monoisotopic (exact) mass is 234 g/mol. The molecule has 0 fully saturated rings. The fourth-order valence-corrected chi connectivity index (χ4v) is 1.84.